The minimum atomic E-state index is 0.124. The quantitative estimate of drug-likeness (QED) is 0.698. The highest BCUT2D eigenvalue weighted by atomic mass is 127. The Morgan fingerprint density at radius 3 is 3.07 bits per heavy atom. The summed E-state index contributed by atoms with van der Waals surface area (Å²) in [5.74, 6) is 0.846. The summed E-state index contributed by atoms with van der Waals surface area (Å²) in [4.78, 5) is 19.5. The molecule has 0 atom stereocenters. The number of carbonyl (C=O) groups is 1. The number of Topliss-reactive ketones (excluding diaryl/α,β-unsaturated/α-hetero) is 1. The maximum Gasteiger partial charge on any atom is 0.181 e. The van der Waals surface area contributed by atoms with E-state index in [4.69, 9.17) is 0 Å². The first-order chi connectivity index (χ1) is 6.77. The Kier molecular flexibility index (Phi) is 2.97. The lowest BCUT2D eigenvalue weighted by Crippen LogP contribution is -2.04. The molecule has 2 heterocycles. The largest absolute Gasteiger partial charge is 0.348 e. The van der Waals surface area contributed by atoms with Gasteiger partial charge in [-0.25, -0.2) is 4.98 Å². The average Bonchev–Trinajstić information content (AvgIpc) is 2.75. The third kappa shape index (κ3) is 2.03. The molecule has 3 nitrogen and oxygen atoms in total. The Bertz CT molecular complexity index is 435. The molecule has 0 spiro atoms. The summed E-state index contributed by atoms with van der Waals surface area (Å²) in [5, 5.41) is 1.93. The van der Waals surface area contributed by atoms with Gasteiger partial charge in [-0.1, -0.05) is 0 Å². The average molecular weight is 318 g/mol. The number of carbonyl (C=O) groups excluding carboxylic acids is 1. The molecule has 0 aliphatic heterocycles. The second-order valence-corrected chi connectivity index (χ2v) is 4.81. The van der Waals surface area contributed by atoms with Gasteiger partial charge in [0.15, 0.2) is 5.78 Å². The standard InChI is InChI=1S/C9H7IN2OS/c10-6-1-4-14-9(6)7(13)5-8-11-2-3-12-8/h1-4H,5H2,(H,11,12). The van der Waals surface area contributed by atoms with Crippen LogP contribution in [-0.4, -0.2) is 15.8 Å². The van der Waals surface area contributed by atoms with E-state index in [0.29, 0.717) is 6.42 Å². The number of ketones is 1. The van der Waals surface area contributed by atoms with Crippen LogP contribution in [0.4, 0.5) is 0 Å². The van der Waals surface area contributed by atoms with Gasteiger partial charge in [0, 0.05) is 16.0 Å². The highest BCUT2D eigenvalue weighted by molar-refractivity contribution is 14.1. The van der Waals surface area contributed by atoms with Crippen LogP contribution in [0.1, 0.15) is 15.5 Å². The van der Waals surface area contributed by atoms with E-state index in [0.717, 1.165) is 14.3 Å². The molecule has 0 radical (unpaired) electrons. The van der Waals surface area contributed by atoms with Gasteiger partial charge < -0.3 is 4.98 Å². The summed E-state index contributed by atoms with van der Waals surface area (Å²) in [5.41, 5.74) is 0. The van der Waals surface area contributed by atoms with Gasteiger partial charge in [-0.05, 0) is 34.0 Å². The minimum absolute atomic E-state index is 0.124. The summed E-state index contributed by atoms with van der Waals surface area (Å²) < 4.78 is 1.02. The Hall–Kier alpha value is -0.690. The van der Waals surface area contributed by atoms with Gasteiger partial charge in [0.25, 0.3) is 0 Å². The van der Waals surface area contributed by atoms with Crippen LogP contribution in [0.2, 0.25) is 0 Å². The number of aromatic amines is 1. The first-order valence-corrected chi connectivity index (χ1v) is 5.97. The van der Waals surface area contributed by atoms with Crippen molar-refractivity contribution < 1.29 is 4.79 Å². The molecule has 72 valence electrons. The zero-order valence-corrected chi connectivity index (χ0v) is 10.1. The molecule has 0 aromatic carbocycles. The Morgan fingerprint density at radius 1 is 1.64 bits per heavy atom. The van der Waals surface area contributed by atoms with Gasteiger partial charge in [0.05, 0.1) is 11.3 Å². The number of halogens is 1. The zero-order valence-electron chi connectivity index (χ0n) is 7.16. The van der Waals surface area contributed by atoms with E-state index in [2.05, 4.69) is 32.6 Å². The van der Waals surface area contributed by atoms with Crippen LogP contribution in [0, 0.1) is 3.57 Å². The first kappa shape index (κ1) is 9.85. The van der Waals surface area contributed by atoms with Crippen LogP contribution in [0.25, 0.3) is 0 Å². The van der Waals surface area contributed by atoms with Crippen LogP contribution < -0.4 is 0 Å². The zero-order chi connectivity index (χ0) is 9.97. The minimum Gasteiger partial charge on any atom is -0.348 e. The van der Waals surface area contributed by atoms with Gasteiger partial charge in [0.1, 0.15) is 5.82 Å². The number of thiophene rings is 1. The van der Waals surface area contributed by atoms with Crippen molar-refractivity contribution in [2.45, 2.75) is 6.42 Å². The fourth-order valence-electron chi connectivity index (χ4n) is 1.12. The third-order valence-electron chi connectivity index (χ3n) is 1.75. The molecule has 1 N–H and O–H groups in total. The molecular weight excluding hydrogens is 311 g/mol. The number of nitrogens with one attached hydrogen (secondary N) is 1. The lowest BCUT2D eigenvalue weighted by atomic mass is 10.2. The molecule has 0 fully saturated rings. The summed E-state index contributed by atoms with van der Waals surface area (Å²) in [7, 11) is 0. The number of nitrogens with zero attached hydrogens (tertiary/aromatic N) is 1. The molecule has 2 rings (SSSR count). The number of rotatable bonds is 3. The van der Waals surface area contributed by atoms with Crippen molar-refractivity contribution in [2.24, 2.45) is 0 Å². The van der Waals surface area contributed by atoms with Gasteiger partial charge in [-0.2, -0.15) is 0 Å². The van der Waals surface area contributed by atoms with Gasteiger partial charge >= 0.3 is 0 Å². The number of imidazole rings is 1. The van der Waals surface area contributed by atoms with Crippen molar-refractivity contribution in [3.8, 4) is 0 Å². The van der Waals surface area contributed by atoms with Crippen molar-refractivity contribution in [3.05, 3.63) is 38.1 Å². The maximum absolute atomic E-state index is 11.7. The monoisotopic (exact) mass is 318 g/mol. The summed E-state index contributed by atoms with van der Waals surface area (Å²) in [6.45, 7) is 0. The normalized spacial score (nSPS) is 10.4. The van der Waals surface area contributed by atoms with Crippen molar-refractivity contribution in [1.29, 1.82) is 0 Å². The fourth-order valence-corrected chi connectivity index (χ4v) is 2.95. The Morgan fingerprint density at radius 2 is 2.50 bits per heavy atom. The molecule has 14 heavy (non-hydrogen) atoms. The highest BCUT2D eigenvalue weighted by Crippen LogP contribution is 2.20. The van der Waals surface area contributed by atoms with E-state index in [9.17, 15) is 4.79 Å². The smallest absolute Gasteiger partial charge is 0.181 e. The summed E-state index contributed by atoms with van der Waals surface area (Å²) in [6, 6.07) is 1.95. The molecule has 0 saturated carbocycles. The number of hydrogen-bond acceptors (Lipinski definition) is 3. The number of hydrogen-bond donors (Lipinski definition) is 1. The molecule has 0 aliphatic rings. The predicted octanol–water partition coefficient (Wildman–Crippen LogP) is 2.50. The molecule has 2 aromatic rings. The van der Waals surface area contributed by atoms with Crippen molar-refractivity contribution >= 4 is 39.7 Å². The number of H-pyrrole nitrogens is 1. The molecule has 5 heteroatoms. The van der Waals surface area contributed by atoms with E-state index in [1.165, 1.54) is 11.3 Å². The molecule has 0 unspecified atom stereocenters. The molecule has 2 aromatic heterocycles. The topological polar surface area (TPSA) is 45.8 Å². The second kappa shape index (κ2) is 4.22. The molecular formula is C9H7IN2OS. The van der Waals surface area contributed by atoms with Crippen LogP contribution in [0.15, 0.2) is 23.8 Å². The van der Waals surface area contributed by atoms with Gasteiger partial charge in [0.2, 0.25) is 0 Å². The van der Waals surface area contributed by atoms with Crippen LogP contribution in [0.3, 0.4) is 0 Å². The van der Waals surface area contributed by atoms with Crippen LogP contribution in [-0.2, 0) is 6.42 Å². The summed E-state index contributed by atoms with van der Waals surface area (Å²) in [6.07, 6.45) is 3.73. The van der Waals surface area contributed by atoms with Gasteiger partial charge in [-0.3, -0.25) is 4.79 Å². The summed E-state index contributed by atoms with van der Waals surface area (Å²) >= 11 is 3.65. The van der Waals surface area contributed by atoms with Gasteiger partial charge in [-0.15, -0.1) is 11.3 Å². The van der Waals surface area contributed by atoms with Crippen LogP contribution in [0.5, 0.6) is 0 Å². The lowest BCUT2D eigenvalue weighted by molar-refractivity contribution is 0.0994. The van der Waals surface area contributed by atoms with E-state index >= 15 is 0 Å². The fraction of sp³-hybridized carbons (Fsp3) is 0.111. The molecule has 0 aliphatic carbocycles. The second-order valence-electron chi connectivity index (χ2n) is 2.73. The van der Waals surface area contributed by atoms with E-state index in [1.807, 2.05) is 11.4 Å². The lowest BCUT2D eigenvalue weighted by Gasteiger charge is -1.95. The molecule has 0 amide bonds. The molecule has 0 bridgehead atoms. The maximum atomic E-state index is 11.7. The van der Waals surface area contributed by atoms with E-state index < -0.39 is 0 Å². The third-order valence-corrected chi connectivity index (χ3v) is 3.97. The Balaban J connectivity index is 2.14. The van der Waals surface area contributed by atoms with Crippen molar-refractivity contribution in [3.63, 3.8) is 0 Å². The van der Waals surface area contributed by atoms with Crippen LogP contribution >= 0.6 is 33.9 Å². The highest BCUT2D eigenvalue weighted by Gasteiger charge is 2.12. The van der Waals surface area contributed by atoms with E-state index in [1.54, 1.807) is 12.4 Å². The predicted molar refractivity (Wildman–Crippen MR) is 63.7 cm³/mol. The van der Waals surface area contributed by atoms with Crippen molar-refractivity contribution in [1.82, 2.24) is 9.97 Å². The van der Waals surface area contributed by atoms with Crippen molar-refractivity contribution in [2.75, 3.05) is 0 Å². The van der Waals surface area contributed by atoms with E-state index in [-0.39, 0.29) is 5.78 Å². The molecule has 0 saturated heterocycles. The Labute approximate surface area is 98.7 Å². The number of aromatic nitrogens is 2. The SMILES string of the molecule is O=C(Cc1ncc[nH]1)c1sccc1I. The first-order valence-electron chi connectivity index (χ1n) is 4.02.